The molecule has 1 fully saturated rings. The predicted octanol–water partition coefficient (Wildman–Crippen LogP) is 3.16. The molecule has 0 radical (unpaired) electrons. The summed E-state index contributed by atoms with van der Waals surface area (Å²) >= 11 is 0. The molecule has 1 aliphatic carbocycles. The summed E-state index contributed by atoms with van der Waals surface area (Å²) < 4.78 is 0. The number of rotatable bonds is 7. The van der Waals surface area contributed by atoms with Crippen molar-refractivity contribution < 1.29 is 0 Å². The Hall–Kier alpha value is -1.09. The second-order valence-electron chi connectivity index (χ2n) is 4.65. The summed E-state index contributed by atoms with van der Waals surface area (Å²) in [7, 11) is 4.21. The molecule has 0 unspecified atom stereocenters. The molecular formula is C15H29N3. The molecule has 3 heteroatoms. The van der Waals surface area contributed by atoms with Crippen LogP contribution in [0.1, 0.15) is 33.6 Å². The minimum absolute atomic E-state index is 0.798. The molecule has 1 aliphatic rings. The van der Waals surface area contributed by atoms with E-state index >= 15 is 0 Å². The Morgan fingerprint density at radius 2 is 1.78 bits per heavy atom. The molecule has 0 aromatic rings. The van der Waals surface area contributed by atoms with Crippen LogP contribution in [0.15, 0.2) is 29.5 Å². The molecule has 0 heterocycles. The largest absolute Gasteiger partial charge is 0.359 e. The first kappa shape index (κ1) is 16.9. The molecule has 1 rings (SSSR count). The van der Waals surface area contributed by atoms with Gasteiger partial charge < -0.3 is 9.80 Å². The summed E-state index contributed by atoms with van der Waals surface area (Å²) in [4.78, 5) is 8.74. The minimum atomic E-state index is 0.798. The number of likely N-dealkylation sites (N-methyl/N-ethyl adjacent to an activating group) is 2. The van der Waals surface area contributed by atoms with Crippen molar-refractivity contribution in [3.8, 4) is 0 Å². The van der Waals surface area contributed by atoms with Crippen LogP contribution >= 0.6 is 0 Å². The quantitative estimate of drug-likeness (QED) is 0.647. The molecule has 3 nitrogen and oxygen atoms in total. The van der Waals surface area contributed by atoms with Crippen LogP contribution in [0, 0.1) is 0 Å². The number of aliphatic imine (C=N–C) groups is 1. The topological polar surface area (TPSA) is 18.8 Å². The maximum absolute atomic E-state index is 4.25. The van der Waals surface area contributed by atoms with Crippen LogP contribution < -0.4 is 0 Å². The number of nitrogens with zero attached hydrogens (tertiary/aromatic N) is 3. The van der Waals surface area contributed by atoms with Gasteiger partial charge in [0.05, 0.1) is 0 Å². The summed E-state index contributed by atoms with van der Waals surface area (Å²) in [6.07, 6.45) is 4.47. The molecule has 1 saturated carbocycles. The SMILES string of the molecule is C=C(C)/C=N\C(=C)N(C)CCN(C)C1CC1.CC. The lowest BCUT2D eigenvalue weighted by Crippen LogP contribution is -2.31. The van der Waals surface area contributed by atoms with E-state index in [-0.39, 0.29) is 0 Å². The molecule has 0 N–H and O–H groups in total. The van der Waals surface area contributed by atoms with Gasteiger partial charge in [-0.1, -0.05) is 27.0 Å². The number of allylic oxidation sites excluding steroid dienone is 1. The normalized spacial score (nSPS) is 14.3. The number of hydrogen-bond donors (Lipinski definition) is 0. The summed E-state index contributed by atoms with van der Waals surface area (Å²) in [6, 6.07) is 0.820. The lowest BCUT2D eigenvalue weighted by atomic mass is 10.4. The van der Waals surface area contributed by atoms with Gasteiger partial charge in [0, 0.05) is 32.4 Å². The lowest BCUT2D eigenvalue weighted by molar-refractivity contribution is 0.278. The van der Waals surface area contributed by atoms with E-state index in [1.807, 2.05) is 27.8 Å². The van der Waals surface area contributed by atoms with Crippen molar-refractivity contribution in [2.75, 3.05) is 27.2 Å². The van der Waals surface area contributed by atoms with Gasteiger partial charge in [0.15, 0.2) is 0 Å². The van der Waals surface area contributed by atoms with Gasteiger partial charge in [0.1, 0.15) is 5.82 Å². The summed E-state index contributed by atoms with van der Waals surface area (Å²) in [5.74, 6) is 0.798. The summed E-state index contributed by atoms with van der Waals surface area (Å²) in [5.41, 5.74) is 0.949. The maximum atomic E-state index is 4.25. The Morgan fingerprint density at radius 1 is 1.22 bits per heavy atom. The van der Waals surface area contributed by atoms with Crippen molar-refractivity contribution in [2.24, 2.45) is 4.99 Å². The third kappa shape index (κ3) is 7.28. The van der Waals surface area contributed by atoms with Gasteiger partial charge in [0.2, 0.25) is 0 Å². The van der Waals surface area contributed by atoms with E-state index < -0.39 is 0 Å². The highest BCUT2D eigenvalue weighted by molar-refractivity contribution is 5.77. The molecule has 0 bridgehead atoms. The fraction of sp³-hybridized carbons (Fsp3) is 0.667. The van der Waals surface area contributed by atoms with Gasteiger partial charge in [-0.25, -0.2) is 4.99 Å². The number of hydrogen-bond acceptors (Lipinski definition) is 3. The van der Waals surface area contributed by atoms with Gasteiger partial charge in [-0.15, -0.1) is 0 Å². The van der Waals surface area contributed by atoms with Crippen molar-refractivity contribution in [3.05, 3.63) is 24.6 Å². The van der Waals surface area contributed by atoms with Crippen LogP contribution in [0.25, 0.3) is 0 Å². The fourth-order valence-corrected chi connectivity index (χ4v) is 1.42. The van der Waals surface area contributed by atoms with Crippen LogP contribution in [0.2, 0.25) is 0 Å². The molecule has 0 spiro atoms. The molecule has 104 valence electrons. The molecular weight excluding hydrogens is 222 g/mol. The molecule has 0 aromatic heterocycles. The second kappa shape index (κ2) is 8.92. The van der Waals surface area contributed by atoms with E-state index in [2.05, 4.69) is 35.0 Å². The van der Waals surface area contributed by atoms with Crippen LogP contribution in [0.3, 0.4) is 0 Å². The average Bonchev–Trinajstić information content (AvgIpc) is 3.19. The van der Waals surface area contributed by atoms with Crippen molar-refractivity contribution in [1.82, 2.24) is 9.80 Å². The van der Waals surface area contributed by atoms with Gasteiger partial charge in [-0.3, -0.25) is 0 Å². The lowest BCUT2D eigenvalue weighted by Gasteiger charge is -2.22. The van der Waals surface area contributed by atoms with Gasteiger partial charge in [-0.2, -0.15) is 0 Å². The van der Waals surface area contributed by atoms with E-state index in [1.54, 1.807) is 6.21 Å². The Bertz CT molecular complexity index is 290. The molecule has 0 saturated heterocycles. The zero-order valence-corrected chi connectivity index (χ0v) is 12.7. The van der Waals surface area contributed by atoms with Gasteiger partial charge >= 0.3 is 0 Å². The third-order valence-corrected chi connectivity index (χ3v) is 2.83. The summed E-state index contributed by atoms with van der Waals surface area (Å²) in [5, 5.41) is 0. The van der Waals surface area contributed by atoms with E-state index in [0.29, 0.717) is 0 Å². The Balaban J connectivity index is 0.00000137. The Kier molecular flexibility index (Phi) is 8.38. The van der Waals surface area contributed by atoms with E-state index in [9.17, 15) is 0 Å². The van der Waals surface area contributed by atoms with Crippen molar-refractivity contribution in [2.45, 2.75) is 39.7 Å². The predicted molar refractivity (Wildman–Crippen MR) is 82.1 cm³/mol. The fourth-order valence-electron chi connectivity index (χ4n) is 1.42. The van der Waals surface area contributed by atoms with Gasteiger partial charge in [-0.05, 0) is 32.4 Å². The zero-order chi connectivity index (χ0) is 14.1. The highest BCUT2D eigenvalue weighted by atomic mass is 15.2. The van der Waals surface area contributed by atoms with Crippen molar-refractivity contribution in [3.63, 3.8) is 0 Å². The average molecular weight is 251 g/mol. The van der Waals surface area contributed by atoms with E-state index in [4.69, 9.17) is 0 Å². The smallest absolute Gasteiger partial charge is 0.120 e. The zero-order valence-electron chi connectivity index (χ0n) is 12.7. The first-order valence-corrected chi connectivity index (χ1v) is 6.80. The molecule has 18 heavy (non-hydrogen) atoms. The van der Waals surface area contributed by atoms with Gasteiger partial charge in [0.25, 0.3) is 0 Å². The standard InChI is InChI=1S/C13H23N3.C2H6/c1-11(2)10-14-12(3)15(4)8-9-16(5)13-6-7-13;1-2/h10,13H,1,3,6-9H2,2,4-5H3;1-2H3/b14-10-;. The monoisotopic (exact) mass is 251 g/mol. The van der Waals surface area contributed by atoms with Crippen LogP contribution in [-0.4, -0.2) is 49.2 Å². The highest BCUT2D eigenvalue weighted by Gasteiger charge is 2.25. The summed E-state index contributed by atoms with van der Waals surface area (Å²) in [6.45, 7) is 15.7. The first-order chi connectivity index (χ1) is 8.50. The van der Waals surface area contributed by atoms with E-state index in [0.717, 1.165) is 30.5 Å². The molecule has 0 aliphatic heterocycles. The molecule has 0 aromatic carbocycles. The first-order valence-electron chi connectivity index (χ1n) is 6.80. The van der Waals surface area contributed by atoms with Crippen LogP contribution in [-0.2, 0) is 0 Å². The molecule has 0 amide bonds. The highest BCUT2D eigenvalue weighted by Crippen LogP contribution is 2.24. The minimum Gasteiger partial charge on any atom is -0.359 e. The van der Waals surface area contributed by atoms with Crippen LogP contribution in [0.4, 0.5) is 0 Å². The van der Waals surface area contributed by atoms with Crippen molar-refractivity contribution >= 4 is 6.21 Å². The maximum Gasteiger partial charge on any atom is 0.120 e. The third-order valence-electron chi connectivity index (χ3n) is 2.83. The molecule has 0 atom stereocenters. The van der Waals surface area contributed by atoms with Crippen molar-refractivity contribution in [1.29, 1.82) is 0 Å². The Morgan fingerprint density at radius 3 is 2.22 bits per heavy atom. The Labute approximate surface area is 113 Å². The van der Waals surface area contributed by atoms with E-state index in [1.165, 1.54) is 12.8 Å². The van der Waals surface area contributed by atoms with Crippen LogP contribution in [0.5, 0.6) is 0 Å². The second-order valence-corrected chi connectivity index (χ2v) is 4.65.